The minimum absolute atomic E-state index is 0.200. The van der Waals surface area contributed by atoms with Crippen molar-refractivity contribution in [2.75, 3.05) is 43.3 Å². The molecule has 126 valence electrons. The maximum absolute atomic E-state index is 12.7. The lowest BCUT2D eigenvalue weighted by atomic mass is 10.4. The number of H-pyrrole nitrogens is 1. The molecular formula is C14H18N8O2. The molecule has 0 spiro atoms. The molecule has 1 saturated heterocycles. The Labute approximate surface area is 137 Å². The summed E-state index contributed by atoms with van der Waals surface area (Å²) in [4.78, 5) is 23.3. The van der Waals surface area contributed by atoms with E-state index in [1.165, 1.54) is 11.0 Å². The van der Waals surface area contributed by atoms with E-state index in [1.807, 2.05) is 13.2 Å². The highest BCUT2D eigenvalue weighted by atomic mass is 16.5. The van der Waals surface area contributed by atoms with Gasteiger partial charge in [0.25, 0.3) is 5.56 Å². The fourth-order valence-corrected chi connectivity index (χ4v) is 2.67. The van der Waals surface area contributed by atoms with Gasteiger partial charge in [0, 0.05) is 44.8 Å². The van der Waals surface area contributed by atoms with Crippen LogP contribution in [0.15, 0.2) is 35.8 Å². The summed E-state index contributed by atoms with van der Waals surface area (Å²) in [6, 6.07) is 1.80. The smallest absolute Gasteiger partial charge is 0.298 e. The van der Waals surface area contributed by atoms with Crippen LogP contribution >= 0.6 is 0 Å². The molecule has 2 N–H and O–H groups in total. The summed E-state index contributed by atoms with van der Waals surface area (Å²) in [5.74, 6) is 1.28. The van der Waals surface area contributed by atoms with Gasteiger partial charge >= 0.3 is 0 Å². The molecule has 0 aromatic carbocycles. The molecule has 2 aliphatic heterocycles. The third-order valence-electron chi connectivity index (χ3n) is 3.92. The Kier molecular flexibility index (Phi) is 3.67. The second-order valence-electron chi connectivity index (χ2n) is 5.51. The molecular weight excluding hydrogens is 312 g/mol. The van der Waals surface area contributed by atoms with Crippen LogP contribution in [-0.2, 0) is 4.74 Å². The van der Waals surface area contributed by atoms with Crippen LogP contribution in [0, 0.1) is 0 Å². The predicted molar refractivity (Wildman–Crippen MR) is 87.5 cm³/mol. The van der Waals surface area contributed by atoms with E-state index in [4.69, 9.17) is 4.74 Å². The third-order valence-corrected chi connectivity index (χ3v) is 3.92. The van der Waals surface area contributed by atoms with E-state index in [9.17, 15) is 4.79 Å². The highest BCUT2D eigenvalue weighted by Gasteiger charge is 2.19. The number of hydrogen-bond acceptors (Lipinski definition) is 8. The Morgan fingerprint density at radius 2 is 1.96 bits per heavy atom. The van der Waals surface area contributed by atoms with Crippen LogP contribution in [0.1, 0.15) is 0 Å². The number of nitrogens with one attached hydrogen (secondary N) is 2. The number of nitrogens with zero attached hydrogens (tertiary/aromatic N) is 6. The van der Waals surface area contributed by atoms with Crippen LogP contribution in [-0.4, -0.2) is 58.1 Å². The summed E-state index contributed by atoms with van der Waals surface area (Å²) in [6.07, 6.45) is 6.69. The molecule has 0 unspecified atom stereocenters. The average Bonchev–Trinajstić information content (AvgIpc) is 3.21. The van der Waals surface area contributed by atoms with Crippen molar-refractivity contribution in [3.63, 3.8) is 0 Å². The fraction of sp³-hybridized carbons (Fsp3) is 0.357. The maximum Gasteiger partial charge on any atom is 0.298 e. The molecule has 2 aromatic rings. The van der Waals surface area contributed by atoms with E-state index in [-0.39, 0.29) is 5.56 Å². The van der Waals surface area contributed by atoms with Gasteiger partial charge in [-0.3, -0.25) is 19.9 Å². The molecule has 4 rings (SSSR count). The number of hydrogen-bond donors (Lipinski definition) is 2. The summed E-state index contributed by atoms with van der Waals surface area (Å²) in [6.45, 7) is 2.89. The first-order valence-electron chi connectivity index (χ1n) is 7.64. The van der Waals surface area contributed by atoms with Crippen molar-refractivity contribution < 1.29 is 4.74 Å². The third kappa shape index (κ3) is 2.61. The number of aromatic nitrogens is 4. The van der Waals surface area contributed by atoms with Crippen LogP contribution in [0.5, 0.6) is 0 Å². The van der Waals surface area contributed by atoms with Crippen molar-refractivity contribution in [3.8, 4) is 5.82 Å². The largest absolute Gasteiger partial charge is 0.378 e. The van der Waals surface area contributed by atoms with Gasteiger partial charge in [-0.15, -0.1) is 5.53 Å². The van der Waals surface area contributed by atoms with E-state index in [0.717, 1.165) is 18.9 Å². The Bertz CT molecular complexity index is 807. The number of ether oxygens (including phenoxy) is 1. The van der Waals surface area contributed by atoms with Gasteiger partial charge in [-0.1, -0.05) is 0 Å². The Morgan fingerprint density at radius 1 is 1.17 bits per heavy atom. The highest BCUT2D eigenvalue weighted by Crippen LogP contribution is 2.15. The van der Waals surface area contributed by atoms with Gasteiger partial charge in [0.1, 0.15) is 17.8 Å². The number of aromatic amines is 1. The molecule has 0 radical (unpaired) electrons. The minimum Gasteiger partial charge on any atom is -0.378 e. The topological polar surface area (TPSA) is 94.6 Å². The van der Waals surface area contributed by atoms with Crippen LogP contribution in [0.2, 0.25) is 0 Å². The van der Waals surface area contributed by atoms with Gasteiger partial charge in [0.15, 0.2) is 5.82 Å². The monoisotopic (exact) mass is 330 g/mol. The molecule has 0 atom stereocenters. The van der Waals surface area contributed by atoms with Crippen molar-refractivity contribution in [2.45, 2.75) is 0 Å². The normalized spacial score (nSPS) is 17.8. The van der Waals surface area contributed by atoms with Crippen molar-refractivity contribution in [2.24, 2.45) is 0 Å². The molecule has 0 amide bonds. The van der Waals surface area contributed by atoms with Gasteiger partial charge in [0.05, 0.1) is 13.2 Å². The van der Waals surface area contributed by atoms with E-state index in [2.05, 4.69) is 25.5 Å². The predicted octanol–water partition coefficient (Wildman–Crippen LogP) is -0.565. The summed E-state index contributed by atoms with van der Waals surface area (Å²) in [7, 11) is 1.85. The first-order chi connectivity index (χ1) is 11.7. The molecule has 0 bridgehead atoms. The van der Waals surface area contributed by atoms with Crippen LogP contribution < -0.4 is 21.0 Å². The Balaban J connectivity index is 1.63. The first kappa shape index (κ1) is 14.7. The lowest BCUT2D eigenvalue weighted by Gasteiger charge is -2.27. The number of morpholine rings is 1. The molecule has 10 heteroatoms. The number of rotatable bonds is 3. The summed E-state index contributed by atoms with van der Waals surface area (Å²) in [5.41, 5.74) is 3.28. The molecule has 10 nitrogen and oxygen atoms in total. The maximum atomic E-state index is 12.7. The molecule has 4 heterocycles. The minimum atomic E-state index is -0.200. The lowest BCUT2D eigenvalue weighted by Crippen LogP contribution is -2.39. The SMILES string of the molecule is CN1C=CN(c2c[nH]n(-c3cc(N4CCOCC4)ncn3)c2=O)N1. The molecule has 2 aromatic heterocycles. The number of anilines is 2. The van der Waals surface area contributed by atoms with Gasteiger partial charge in [-0.2, -0.15) is 4.68 Å². The van der Waals surface area contributed by atoms with Crippen molar-refractivity contribution in [1.82, 2.24) is 30.3 Å². The van der Waals surface area contributed by atoms with Crippen LogP contribution in [0.3, 0.4) is 0 Å². The van der Waals surface area contributed by atoms with Gasteiger partial charge in [0.2, 0.25) is 0 Å². The van der Waals surface area contributed by atoms with Gasteiger partial charge in [-0.25, -0.2) is 9.97 Å². The fourth-order valence-electron chi connectivity index (χ4n) is 2.67. The number of hydrazine groups is 2. The summed E-state index contributed by atoms with van der Waals surface area (Å²) < 4.78 is 6.75. The first-order valence-corrected chi connectivity index (χ1v) is 7.64. The van der Waals surface area contributed by atoms with Crippen molar-refractivity contribution >= 4 is 11.5 Å². The van der Waals surface area contributed by atoms with Crippen LogP contribution in [0.25, 0.3) is 5.82 Å². The lowest BCUT2D eigenvalue weighted by molar-refractivity contribution is 0.122. The second-order valence-corrected chi connectivity index (χ2v) is 5.51. The quantitative estimate of drug-likeness (QED) is 0.773. The van der Waals surface area contributed by atoms with E-state index < -0.39 is 0 Å². The second kappa shape index (κ2) is 5.98. The standard InChI is InChI=1S/C14H18N8O2/c1-19-2-3-21(18-19)11-9-17-22(14(11)23)13-8-12(15-10-16-13)20-4-6-24-7-5-20/h2-3,8-10,17-18H,4-7H2,1H3. The zero-order valence-corrected chi connectivity index (χ0v) is 13.2. The molecule has 0 saturated carbocycles. The van der Waals surface area contributed by atoms with Gasteiger partial charge < -0.3 is 9.64 Å². The van der Waals surface area contributed by atoms with Crippen molar-refractivity contribution in [1.29, 1.82) is 0 Å². The molecule has 24 heavy (non-hydrogen) atoms. The molecule has 2 aliphatic rings. The Morgan fingerprint density at radius 3 is 2.71 bits per heavy atom. The summed E-state index contributed by atoms with van der Waals surface area (Å²) in [5, 5.41) is 6.34. The van der Waals surface area contributed by atoms with E-state index in [0.29, 0.717) is 24.7 Å². The van der Waals surface area contributed by atoms with Gasteiger partial charge in [-0.05, 0) is 0 Å². The average molecular weight is 330 g/mol. The Hall–Kier alpha value is -2.85. The van der Waals surface area contributed by atoms with Crippen molar-refractivity contribution in [3.05, 3.63) is 41.3 Å². The highest BCUT2D eigenvalue weighted by molar-refractivity contribution is 5.48. The zero-order chi connectivity index (χ0) is 16.5. The van der Waals surface area contributed by atoms with E-state index >= 15 is 0 Å². The molecule has 0 aliphatic carbocycles. The molecule has 1 fully saturated rings. The zero-order valence-electron chi connectivity index (χ0n) is 13.2. The van der Waals surface area contributed by atoms with E-state index in [1.54, 1.807) is 28.5 Å². The summed E-state index contributed by atoms with van der Waals surface area (Å²) >= 11 is 0. The van der Waals surface area contributed by atoms with Crippen LogP contribution in [0.4, 0.5) is 11.5 Å².